The molecule has 0 aliphatic rings. The van der Waals surface area contributed by atoms with Crippen LogP contribution in [0.25, 0.3) is 11.0 Å². The minimum atomic E-state index is -0.0914. The van der Waals surface area contributed by atoms with Gasteiger partial charge in [-0.1, -0.05) is 0 Å². The molecule has 0 aliphatic heterocycles. The number of hydrogen-bond donors (Lipinski definition) is 2. The number of amides is 2. The van der Waals surface area contributed by atoms with Crippen LogP contribution in [-0.2, 0) is 6.54 Å². The van der Waals surface area contributed by atoms with Gasteiger partial charge < -0.3 is 20.5 Å². The third-order valence-electron chi connectivity index (χ3n) is 2.98. The number of nitrogen functional groups attached to an aromatic ring is 1. The topological polar surface area (TPSA) is 76.2 Å². The van der Waals surface area contributed by atoms with E-state index in [2.05, 4.69) is 14.9 Å². The highest BCUT2D eigenvalue weighted by Crippen LogP contribution is 2.18. The Bertz CT molecular complexity index is 602. The van der Waals surface area contributed by atoms with Crippen LogP contribution in [0, 0.1) is 6.92 Å². The van der Waals surface area contributed by atoms with Crippen LogP contribution in [0.4, 0.5) is 10.5 Å². The Morgan fingerprint density at radius 2 is 2.21 bits per heavy atom. The molecule has 0 bridgehead atoms. The van der Waals surface area contributed by atoms with Gasteiger partial charge in [-0.3, -0.25) is 0 Å². The SMILES string of the molecule is Cc1nc2cc(N)ccc2n1CCNC(=O)N(C)C. The molecule has 0 saturated carbocycles. The molecule has 0 saturated heterocycles. The number of imidazole rings is 1. The zero-order valence-electron chi connectivity index (χ0n) is 11.5. The van der Waals surface area contributed by atoms with Gasteiger partial charge in [-0.05, 0) is 25.1 Å². The maximum Gasteiger partial charge on any atom is 0.316 e. The predicted molar refractivity (Wildman–Crippen MR) is 76.0 cm³/mol. The zero-order valence-corrected chi connectivity index (χ0v) is 11.5. The average Bonchev–Trinajstić information content (AvgIpc) is 2.64. The van der Waals surface area contributed by atoms with E-state index in [-0.39, 0.29) is 6.03 Å². The lowest BCUT2D eigenvalue weighted by Gasteiger charge is -2.13. The van der Waals surface area contributed by atoms with Crippen molar-refractivity contribution in [3.05, 3.63) is 24.0 Å². The molecule has 0 aliphatic carbocycles. The van der Waals surface area contributed by atoms with E-state index in [0.717, 1.165) is 16.9 Å². The van der Waals surface area contributed by atoms with E-state index in [0.29, 0.717) is 18.8 Å². The molecule has 2 amide bonds. The lowest BCUT2D eigenvalue weighted by molar-refractivity contribution is 0.217. The molecule has 6 heteroatoms. The summed E-state index contributed by atoms with van der Waals surface area (Å²) in [5, 5.41) is 2.84. The number of nitrogens with one attached hydrogen (secondary N) is 1. The third-order valence-corrected chi connectivity index (χ3v) is 2.98. The number of hydrogen-bond acceptors (Lipinski definition) is 3. The molecule has 6 nitrogen and oxygen atoms in total. The lowest BCUT2D eigenvalue weighted by Crippen LogP contribution is -2.36. The number of aromatic nitrogens is 2. The Balaban J connectivity index is 2.12. The molecule has 102 valence electrons. The van der Waals surface area contributed by atoms with Crippen molar-refractivity contribution in [3.8, 4) is 0 Å². The van der Waals surface area contributed by atoms with E-state index in [9.17, 15) is 4.79 Å². The first kappa shape index (κ1) is 13.2. The molecule has 0 spiro atoms. The molecule has 1 aromatic heterocycles. The fourth-order valence-corrected chi connectivity index (χ4v) is 1.98. The summed E-state index contributed by atoms with van der Waals surface area (Å²) in [5.74, 6) is 0.916. The van der Waals surface area contributed by atoms with E-state index in [4.69, 9.17) is 5.73 Å². The van der Waals surface area contributed by atoms with Gasteiger partial charge in [0.1, 0.15) is 5.82 Å². The van der Waals surface area contributed by atoms with Crippen LogP contribution in [-0.4, -0.2) is 41.1 Å². The zero-order chi connectivity index (χ0) is 14.0. The lowest BCUT2D eigenvalue weighted by atomic mass is 10.3. The summed E-state index contributed by atoms with van der Waals surface area (Å²) in [6, 6.07) is 5.58. The molecule has 0 radical (unpaired) electrons. The molecule has 0 fully saturated rings. The number of rotatable bonds is 3. The number of fused-ring (bicyclic) bond motifs is 1. The van der Waals surface area contributed by atoms with Gasteiger partial charge in [0.15, 0.2) is 0 Å². The highest BCUT2D eigenvalue weighted by molar-refractivity contribution is 5.79. The molecule has 19 heavy (non-hydrogen) atoms. The van der Waals surface area contributed by atoms with E-state index in [1.54, 1.807) is 14.1 Å². The fourth-order valence-electron chi connectivity index (χ4n) is 1.98. The Hall–Kier alpha value is -2.24. The maximum atomic E-state index is 11.4. The van der Waals surface area contributed by atoms with Crippen LogP contribution in [0.15, 0.2) is 18.2 Å². The van der Waals surface area contributed by atoms with Gasteiger partial charge in [-0.15, -0.1) is 0 Å². The highest BCUT2D eigenvalue weighted by Gasteiger charge is 2.08. The second-order valence-corrected chi connectivity index (χ2v) is 4.69. The minimum Gasteiger partial charge on any atom is -0.399 e. The summed E-state index contributed by atoms with van der Waals surface area (Å²) in [6.07, 6.45) is 0. The third kappa shape index (κ3) is 2.78. The standard InChI is InChI=1S/C13H19N5O/c1-9-16-11-8-10(14)4-5-12(11)18(9)7-6-15-13(19)17(2)3/h4-5,8H,6-7,14H2,1-3H3,(H,15,19). The highest BCUT2D eigenvalue weighted by atomic mass is 16.2. The molecule has 2 rings (SSSR count). The van der Waals surface area contributed by atoms with Crippen LogP contribution < -0.4 is 11.1 Å². The summed E-state index contributed by atoms with van der Waals surface area (Å²) in [5.41, 5.74) is 8.37. The maximum absolute atomic E-state index is 11.4. The van der Waals surface area contributed by atoms with Crippen molar-refractivity contribution in [2.75, 3.05) is 26.4 Å². The Morgan fingerprint density at radius 3 is 2.89 bits per heavy atom. The molecular weight excluding hydrogens is 242 g/mol. The number of anilines is 1. The second-order valence-electron chi connectivity index (χ2n) is 4.69. The summed E-state index contributed by atoms with van der Waals surface area (Å²) in [6.45, 7) is 3.20. The summed E-state index contributed by atoms with van der Waals surface area (Å²) in [4.78, 5) is 17.4. The van der Waals surface area contributed by atoms with Crippen molar-refractivity contribution in [1.82, 2.24) is 19.8 Å². The van der Waals surface area contributed by atoms with Crippen LogP contribution in [0.3, 0.4) is 0 Å². The van der Waals surface area contributed by atoms with Crippen molar-refractivity contribution >= 4 is 22.8 Å². The molecule has 1 aromatic carbocycles. The fraction of sp³-hybridized carbons (Fsp3) is 0.385. The molecule has 1 heterocycles. The van der Waals surface area contributed by atoms with Crippen molar-refractivity contribution < 1.29 is 4.79 Å². The molecule has 0 unspecified atom stereocenters. The summed E-state index contributed by atoms with van der Waals surface area (Å²) >= 11 is 0. The molecular formula is C13H19N5O. The number of benzene rings is 1. The van der Waals surface area contributed by atoms with Crippen molar-refractivity contribution in [3.63, 3.8) is 0 Å². The quantitative estimate of drug-likeness (QED) is 0.815. The molecule has 2 aromatic rings. The van der Waals surface area contributed by atoms with E-state index in [1.807, 2.05) is 25.1 Å². The number of nitrogens with two attached hydrogens (primary N) is 1. The monoisotopic (exact) mass is 261 g/mol. The van der Waals surface area contributed by atoms with Crippen LogP contribution in [0.2, 0.25) is 0 Å². The normalized spacial score (nSPS) is 10.7. The molecule has 3 N–H and O–H groups in total. The number of urea groups is 1. The first-order valence-electron chi connectivity index (χ1n) is 6.16. The van der Waals surface area contributed by atoms with Crippen LogP contribution in [0.5, 0.6) is 0 Å². The first-order chi connectivity index (χ1) is 8.99. The summed E-state index contributed by atoms with van der Waals surface area (Å²) in [7, 11) is 3.44. The van der Waals surface area contributed by atoms with Gasteiger partial charge in [0.2, 0.25) is 0 Å². The first-order valence-corrected chi connectivity index (χ1v) is 6.16. The van der Waals surface area contributed by atoms with Crippen molar-refractivity contribution in [2.45, 2.75) is 13.5 Å². The van der Waals surface area contributed by atoms with Crippen LogP contribution >= 0.6 is 0 Å². The predicted octanol–water partition coefficient (Wildman–Crippen LogP) is 1.20. The Morgan fingerprint density at radius 1 is 1.47 bits per heavy atom. The Kier molecular flexibility index (Phi) is 3.59. The van der Waals surface area contributed by atoms with Gasteiger partial charge in [0, 0.05) is 32.9 Å². The van der Waals surface area contributed by atoms with Crippen molar-refractivity contribution in [2.24, 2.45) is 0 Å². The van der Waals surface area contributed by atoms with E-state index >= 15 is 0 Å². The number of carbonyl (C=O) groups excluding carboxylic acids is 1. The minimum absolute atomic E-state index is 0.0914. The smallest absolute Gasteiger partial charge is 0.316 e. The van der Waals surface area contributed by atoms with Gasteiger partial charge in [-0.25, -0.2) is 9.78 Å². The number of carbonyl (C=O) groups is 1. The number of aryl methyl sites for hydroxylation is 1. The second kappa shape index (κ2) is 5.17. The number of nitrogens with zero attached hydrogens (tertiary/aromatic N) is 3. The Labute approximate surface area is 112 Å². The average molecular weight is 261 g/mol. The van der Waals surface area contributed by atoms with Gasteiger partial charge in [-0.2, -0.15) is 0 Å². The van der Waals surface area contributed by atoms with Gasteiger partial charge in [0.05, 0.1) is 11.0 Å². The van der Waals surface area contributed by atoms with Crippen molar-refractivity contribution in [1.29, 1.82) is 0 Å². The van der Waals surface area contributed by atoms with Gasteiger partial charge in [0.25, 0.3) is 0 Å². The van der Waals surface area contributed by atoms with Gasteiger partial charge >= 0.3 is 6.03 Å². The summed E-state index contributed by atoms with van der Waals surface area (Å²) < 4.78 is 2.07. The largest absolute Gasteiger partial charge is 0.399 e. The van der Waals surface area contributed by atoms with Crippen LogP contribution in [0.1, 0.15) is 5.82 Å². The van der Waals surface area contributed by atoms with E-state index in [1.165, 1.54) is 4.90 Å². The molecule has 0 atom stereocenters. The van der Waals surface area contributed by atoms with E-state index < -0.39 is 0 Å².